The van der Waals surface area contributed by atoms with Crippen LogP contribution in [0.5, 0.6) is 0 Å². The van der Waals surface area contributed by atoms with Crippen molar-refractivity contribution in [3.05, 3.63) is 47.1 Å². The van der Waals surface area contributed by atoms with Gasteiger partial charge in [0.25, 0.3) is 11.8 Å². The minimum Gasteiger partial charge on any atom is -0.449 e. The van der Waals surface area contributed by atoms with Gasteiger partial charge in [0.05, 0.1) is 0 Å². The quantitative estimate of drug-likeness (QED) is 0.401. The molecule has 1 saturated carbocycles. The summed E-state index contributed by atoms with van der Waals surface area (Å²) < 4.78 is 6.27. The van der Waals surface area contributed by atoms with Crippen molar-refractivity contribution in [2.24, 2.45) is 5.41 Å². The van der Waals surface area contributed by atoms with Crippen LogP contribution in [-0.4, -0.2) is 50.3 Å². The Kier molecular flexibility index (Phi) is 6.59. The number of aromatic nitrogens is 3. The van der Waals surface area contributed by atoms with Crippen LogP contribution in [0, 0.1) is 12.3 Å². The van der Waals surface area contributed by atoms with Crippen LogP contribution in [0.4, 0.5) is 5.95 Å². The molecule has 0 radical (unpaired) electrons. The van der Waals surface area contributed by atoms with Crippen molar-refractivity contribution in [1.29, 1.82) is 0 Å². The molecule has 5 rings (SSSR count). The Hall–Kier alpha value is -3.29. The van der Waals surface area contributed by atoms with E-state index < -0.39 is 5.54 Å². The molecule has 0 unspecified atom stereocenters. The average Bonchev–Trinajstić information content (AvgIpc) is 3.28. The van der Waals surface area contributed by atoms with Crippen molar-refractivity contribution in [2.45, 2.75) is 97.9 Å². The minimum atomic E-state index is -1.10. The monoisotopic (exact) mass is 531 g/mol. The minimum absolute atomic E-state index is 0.184. The number of nitrogens with zero attached hydrogens (tertiary/aromatic N) is 5. The van der Waals surface area contributed by atoms with E-state index in [-0.39, 0.29) is 23.0 Å². The van der Waals surface area contributed by atoms with E-state index in [9.17, 15) is 9.59 Å². The molecule has 1 saturated heterocycles. The molecule has 1 aliphatic heterocycles. The first-order valence-corrected chi connectivity index (χ1v) is 14.1. The fourth-order valence-corrected chi connectivity index (χ4v) is 5.88. The molecule has 0 N–H and O–H groups in total. The number of rotatable bonds is 3. The van der Waals surface area contributed by atoms with Gasteiger partial charge in [-0.05, 0) is 69.4 Å². The molecule has 8 nitrogen and oxygen atoms in total. The van der Waals surface area contributed by atoms with Crippen molar-refractivity contribution >= 4 is 28.9 Å². The van der Waals surface area contributed by atoms with Crippen molar-refractivity contribution < 1.29 is 14.0 Å². The highest BCUT2D eigenvalue weighted by Crippen LogP contribution is 2.43. The lowest BCUT2D eigenvalue weighted by Gasteiger charge is -2.44. The van der Waals surface area contributed by atoms with Gasteiger partial charge < -0.3 is 9.32 Å². The lowest BCUT2D eigenvalue weighted by atomic mass is 9.72. The normalized spacial score (nSPS) is 20.1. The summed E-state index contributed by atoms with van der Waals surface area (Å²) in [6.07, 6.45) is 6.24. The van der Waals surface area contributed by atoms with E-state index in [1.165, 1.54) is 12.8 Å². The van der Waals surface area contributed by atoms with Crippen LogP contribution >= 0.6 is 0 Å². The zero-order valence-corrected chi connectivity index (χ0v) is 24.6. The van der Waals surface area contributed by atoms with Gasteiger partial charge in [0, 0.05) is 48.2 Å². The van der Waals surface area contributed by atoms with Gasteiger partial charge in [0.2, 0.25) is 5.95 Å². The van der Waals surface area contributed by atoms with E-state index in [1.807, 2.05) is 6.92 Å². The zero-order valence-electron chi connectivity index (χ0n) is 24.6. The standard InChI is InChI=1S/C31H41N5O3/c1-19-11-14-32-28(33-19)35-15-16-36(31(7,8)27(35)38)26(37)24-18-23-25(39-24)21(29(2,3)4)17-22(34-23)20-9-12-30(5,6)13-10-20/h11,14,17-18,20H,9-10,12-13,15-16H2,1-8H3. The number of carbonyl (C=O) groups is 2. The van der Waals surface area contributed by atoms with Crippen LogP contribution in [0.25, 0.3) is 11.1 Å². The highest BCUT2D eigenvalue weighted by atomic mass is 16.3. The highest BCUT2D eigenvalue weighted by molar-refractivity contribution is 6.05. The van der Waals surface area contributed by atoms with Crippen molar-refractivity contribution in [2.75, 3.05) is 18.0 Å². The maximum absolute atomic E-state index is 13.8. The van der Waals surface area contributed by atoms with Crippen molar-refractivity contribution in [3.8, 4) is 0 Å². The first kappa shape index (κ1) is 27.3. The maximum atomic E-state index is 13.8. The summed E-state index contributed by atoms with van der Waals surface area (Å²) in [5, 5.41) is 0. The van der Waals surface area contributed by atoms with Gasteiger partial charge in [-0.1, -0.05) is 34.6 Å². The van der Waals surface area contributed by atoms with E-state index in [0.29, 0.717) is 41.5 Å². The molecule has 1 aliphatic carbocycles. The third-order valence-electron chi connectivity index (χ3n) is 8.53. The number of anilines is 1. The molecule has 0 spiro atoms. The molecule has 8 heteroatoms. The molecule has 3 aromatic rings. The molecule has 3 aromatic heterocycles. The van der Waals surface area contributed by atoms with Crippen LogP contribution in [0.1, 0.15) is 108 Å². The number of fused-ring (bicyclic) bond motifs is 1. The van der Waals surface area contributed by atoms with E-state index in [2.05, 4.69) is 50.7 Å². The Labute approximate surface area is 231 Å². The second kappa shape index (κ2) is 9.42. The Morgan fingerprint density at radius 3 is 2.38 bits per heavy atom. The number of hydrogen-bond donors (Lipinski definition) is 0. The Morgan fingerprint density at radius 2 is 1.74 bits per heavy atom. The molecule has 0 aromatic carbocycles. The van der Waals surface area contributed by atoms with Gasteiger partial charge in [0.1, 0.15) is 11.1 Å². The molecule has 2 amide bonds. The molecule has 4 heterocycles. The molecule has 2 fully saturated rings. The summed E-state index contributed by atoms with van der Waals surface area (Å²) in [5.41, 5.74) is 3.39. The second-order valence-electron chi connectivity index (χ2n) is 13.6. The molecular formula is C31H41N5O3. The summed E-state index contributed by atoms with van der Waals surface area (Å²) in [6, 6.07) is 5.75. The lowest BCUT2D eigenvalue weighted by molar-refractivity contribution is -0.130. The van der Waals surface area contributed by atoms with Gasteiger partial charge in [-0.2, -0.15) is 0 Å². The molecule has 208 valence electrons. The van der Waals surface area contributed by atoms with E-state index in [4.69, 9.17) is 9.40 Å². The average molecular weight is 532 g/mol. The largest absolute Gasteiger partial charge is 0.449 e. The van der Waals surface area contributed by atoms with Crippen molar-refractivity contribution in [3.63, 3.8) is 0 Å². The highest BCUT2D eigenvalue weighted by Gasteiger charge is 2.46. The summed E-state index contributed by atoms with van der Waals surface area (Å²) in [7, 11) is 0. The number of furan rings is 1. The number of carbonyl (C=O) groups excluding carboxylic acids is 2. The fraction of sp³-hybridized carbons (Fsp3) is 0.581. The van der Waals surface area contributed by atoms with Crippen LogP contribution in [0.15, 0.2) is 28.8 Å². The fourth-order valence-electron chi connectivity index (χ4n) is 5.88. The lowest BCUT2D eigenvalue weighted by Crippen LogP contribution is -2.65. The zero-order chi connectivity index (χ0) is 28.3. The first-order valence-electron chi connectivity index (χ1n) is 14.1. The van der Waals surface area contributed by atoms with Gasteiger partial charge in [-0.15, -0.1) is 0 Å². The third-order valence-corrected chi connectivity index (χ3v) is 8.53. The number of aryl methyl sites for hydroxylation is 1. The third kappa shape index (κ3) is 5.06. The molecule has 39 heavy (non-hydrogen) atoms. The Morgan fingerprint density at radius 1 is 1.05 bits per heavy atom. The molecule has 2 aliphatic rings. The van der Waals surface area contributed by atoms with E-state index in [0.717, 1.165) is 29.8 Å². The van der Waals surface area contributed by atoms with E-state index in [1.54, 1.807) is 42.0 Å². The van der Waals surface area contributed by atoms with Crippen LogP contribution in [0.3, 0.4) is 0 Å². The predicted octanol–water partition coefficient (Wildman–Crippen LogP) is 6.18. The maximum Gasteiger partial charge on any atom is 0.290 e. The SMILES string of the molecule is Cc1ccnc(N2CCN(C(=O)c3cc4nc(C5CCC(C)(C)CC5)cc(C(C)(C)C)c4o3)C(C)(C)C2=O)n1. The van der Waals surface area contributed by atoms with Crippen LogP contribution in [-0.2, 0) is 10.2 Å². The number of hydrogen-bond acceptors (Lipinski definition) is 6. The van der Waals surface area contributed by atoms with Gasteiger partial charge in [-0.25, -0.2) is 15.0 Å². The summed E-state index contributed by atoms with van der Waals surface area (Å²) >= 11 is 0. The first-order chi connectivity index (χ1) is 18.2. The number of amides is 2. The van der Waals surface area contributed by atoms with Crippen LogP contribution in [0.2, 0.25) is 0 Å². The van der Waals surface area contributed by atoms with Crippen molar-refractivity contribution in [1.82, 2.24) is 19.9 Å². The topological polar surface area (TPSA) is 92.4 Å². The predicted molar refractivity (Wildman–Crippen MR) is 152 cm³/mol. The smallest absolute Gasteiger partial charge is 0.290 e. The number of pyridine rings is 1. The molecule has 0 atom stereocenters. The summed E-state index contributed by atoms with van der Waals surface area (Å²) in [5.74, 6) is 0.454. The Balaban J connectivity index is 1.47. The Bertz CT molecular complexity index is 1420. The molecular weight excluding hydrogens is 490 g/mol. The number of piperazine rings is 1. The summed E-state index contributed by atoms with van der Waals surface area (Å²) in [4.78, 5) is 44.3. The summed E-state index contributed by atoms with van der Waals surface area (Å²) in [6.45, 7) is 17.2. The van der Waals surface area contributed by atoms with E-state index >= 15 is 0 Å². The van der Waals surface area contributed by atoms with Gasteiger partial charge in [0.15, 0.2) is 11.3 Å². The second-order valence-corrected chi connectivity index (χ2v) is 13.6. The van der Waals surface area contributed by atoms with Gasteiger partial charge >= 0.3 is 0 Å². The van der Waals surface area contributed by atoms with Crippen LogP contribution < -0.4 is 4.90 Å². The molecule has 0 bridgehead atoms. The van der Waals surface area contributed by atoms with Gasteiger partial charge in [-0.3, -0.25) is 14.5 Å².